The lowest BCUT2D eigenvalue weighted by molar-refractivity contribution is 0.835. The van der Waals surface area contributed by atoms with Gasteiger partial charge in [-0.05, 0) is 42.7 Å². The Morgan fingerprint density at radius 3 is 1.92 bits per heavy atom. The van der Waals surface area contributed by atoms with Gasteiger partial charge >= 0.3 is 0 Å². The summed E-state index contributed by atoms with van der Waals surface area (Å²) in [4.78, 5) is 0. The third kappa shape index (κ3) is 2.87. The molecule has 0 spiro atoms. The number of aromatic nitrogens is 2. The van der Waals surface area contributed by atoms with Crippen LogP contribution in [0.3, 0.4) is 0 Å². The molecule has 4 aromatic rings. The van der Waals surface area contributed by atoms with Crippen LogP contribution >= 0.6 is 0 Å². The molecule has 0 radical (unpaired) electrons. The molecule has 0 atom stereocenters. The predicted molar refractivity (Wildman–Crippen MR) is 104 cm³/mol. The zero-order chi connectivity index (χ0) is 17.2. The van der Waals surface area contributed by atoms with E-state index in [2.05, 4.69) is 91.9 Å². The summed E-state index contributed by atoms with van der Waals surface area (Å²) in [5.41, 5.74) is 8.12. The van der Waals surface area contributed by atoms with Gasteiger partial charge in [0.05, 0.1) is 11.4 Å². The topological polar surface area (TPSA) is 17.8 Å². The molecule has 1 aromatic heterocycles. The van der Waals surface area contributed by atoms with Gasteiger partial charge in [-0.25, -0.2) is 4.68 Å². The van der Waals surface area contributed by atoms with Gasteiger partial charge in [0.2, 0.25) is 0 Å². The second-order valence-electron chi connectivity index (χ2n) is 6.27. The first kappa shape index (κ1) is 15.4. The van der Waals surface area contributed by atoms with Gasteiger partial charge in [-0.3, -0.25) is 0 Å². The Balaban J connectivity index is 2.04. The Morgan fingerprint density at radius 1 is 0.680 bits per heavy atom. The quantitative estimate of drug-likeness (QED) is 0.464. The maximum Gasteiger partial charge on any atom is 0.0733 e. The zero-order valence-electron chi connectivity index (χ0n) is 14.5. The first-order valence-corrected chi connectivity index (χ1v) is 8.51. The van der Waals surface area contributed by atoms with E-state index >= 15 is 0 Å². The van der Waals surface area contributed by atoms with Crippen molar-refractivity contribution in [3.05, 3.63) is 96.3 Å². The lowest BCUT2D eigenvalue weighted by Gasteiger charge is -2.17. The standard InChI is InChI=1S/C23H20N2/c1-17-16-18(2)25(24-17)22-15-9-14-21(19-10-5-3-6-11-19)23(22)20-12-7-4-8-13-20/h3-16H,1-2H3. The Bertz CT molecular complexity index is 999. The molecule has 2 nitrogen and oxygen atoms in total. The maximum atomic E-state index is 4.72. The van der Waals surface area contributed by atoms with E-state index in [1.807, 2.05) is 11.6 Å². The van der Waals surface area contributed by atoms with Gasteiger partial charge in [0.1, 0.15) is 0 Å². The van der Waals surface area contributed by atoms with E-state index in [4.69, 9.17) is 5.10 Å². The molecule has 25 heavy (non-hydrogen) atoms. The summed E-state index contributed by atoms with van der Waals surface area (Å²) in [5, 5.41) is 4.72. The van der Waals surface area contributed by atoms with Crippen LogP contribution in [-0.2, 0) is 0 Å². The fourth-order valence-corrected chi connectivity index (χ4v) is 3.36. The fraction of sp³-hybridized carbons (Fsp3) is 0.0870. The molecule has 122 valence electrons. The van der Waals surface area contributed by atoms with Crippen molar-refractivity contribution in [1.29, 1.82) is 0 Å². The summed E-state index contributed by atoms with van der Waals surface area (Å²) in [6.45, 7) is 4.14. The molecular formula is C23H20N2. The maximum absolute atomic E-state index is 4.72. The van der Waals surface area contributed by atoms with Crippen LogP contribution in [0, 0.1) is 13.8 Å². The predicted octanol–water partition coefficient (Wildman–Crippen LogP) is 5.82. The third-order valence-electron chi connectivity index (χ3n) is 4.43. The van der Waals surface area contributed by atoms with Gasteiger partial charge in [0.15, 0.2) is 0 Å². The zero-order valence-corrected chi connectivity index (χ0v) is 14.5. The monoisotopic (exact) mass is 324 g/mol. The molecule has 3 aromatic carbocycles. The average Bonchev–Trinajstić information content (AvgIpc) is 3.00. The summed E-state index contributed by atoms with van der Waals surface area (Å²) >= 11 is 0. The van der Waals surface area contributed by atoms with Gasteiger partial charge in [-0.15, -0.1) is 0 Å². The van der Waals surface area contributed by atoms with E-state index in [-0.39, 0.29) is 0 Å². The summed E-state index contributed by atoms with van der Waals surface area (Å²) in [6, 6.07) is 29.7. The van der Waals surface area contributed by atoms with Crippen LogP contribution in [0.4, 0.5) is 0 Å². The second kappa shape index (κ2) is 6.40. The molecule has 0 bridgehead atoms. The van der Waals surface area contributed by atoms with Gasteiger partial charge < -0.3 is 0 Å². The highest BCUT2D eigenvalue weighted by Crippen LogP contribution is 2.37. The summed E-state index contributed by atoms with van der Waals surface area (Å²) in [7, 11) is 0. The van der Waals surface area contributed by atoms with Crippen LogP contribution in [0.5, 0.6) is 0 Å². The van der Waals surface area contributed by atoms with Crippen LogP contribution in [0.25, 0.3) is 27.9 Å². The van der Waals surface area contributed by atoms with Gasteiger partial charge in [0, 0.05) is 11.3 Å². The van der Waals surface area contributed by atoms with Crippen LogP contribution in [0.1, 0.15) is 11.4 Å². The molecule has 0 fully saturated rings. The molecule has 0 saturated heterocycles. The number of hydrogen-bond acceptors (Lipinski definition) is 1. The molecule has 2 heteroatoms. The van der Waals surface area contributed by atoms with Crippen molar-refractivity contribution in [2.75, 3.05) is 0 Å². The molecule has 1 heterocycles. The lowest BCUT2D eigenvalue weighted by atomic mass is 9.93. The Hall–Kier alpha value is -3.13. The van der Waals surface area contributed by atoms with Gasteiger partial charge in [-0.2, -0.15) is 5.10 Å². The van der Waals surface area contributed by atoms with Crippen molar-refractivity contribution in [3.8, 4) is 27.9 Å². The summed E-state index contributed by atoms with van der Waals surface area (Å²) < 4.78 is 2.05. The van der Waals surface area contributed by atoms with Crippen LogP contribution in [-0.4, -0.2) is 9.78 Å². The van der Waals surface area contributed by atoms with Crippen molar-refractivity contribution in [2.24, 2.45) is 0 Å². The summed E-state index contributed by atoms with van der Waals surface area (Å²) in [5.74, 6) is 0. The number of aryl methyl sites for hydroxylation is 2. The summed E-state index contributed by atoms with van der Waals surface area (Å²) in [6.07, 6.45) is 0. The van der Waals surface area contributed by atoms with E-state index in [9.17, 15) is 0 Å². The first-order valence-electron chi connectivity index (χ1n) is 8.51. The number of benzene rings is 3. The van der Waals surface area contributed by atoms with Crippen molar-refractivity contribution in [3.63, 3.8) is 0 Å². The van der Waals surface area contributed by atoms with Crippen LogP contribution in [0.2, 0.25) is 0 Å². The lowest BCUT2D eigenvalue weighted by Crippen LogP contribution is -2.02. The van der Waals surface area contributed by atoms with E-state index in [1.165, 1.54) is 22.3 Å². The van der Waals surface area contributed by atoms with Crippen LogP contribution in [0.15, 0.2) is 84.9 Å². The SMILES string of the molecule is Cc1cc(C)n(-c2cccc(-c3ccccc3)c2-c2ccccc2)n1. The number of nitrogens with zero attached hydrogens (tertiary/aromatic N) is 2. The van der Waals surface area contributed by atoms with Crippen molar-refractivity contribution in [1.82, 2.24) is 9.78 Å². The Morgan fingerprint density at radius 2 is 1.32 bits per heavy atom. The normalized spacial score (nSPS) is 10.8. The van der Waals surface area contributed by atoms with Crippen LogP contribution < -0.4 is 0 Å². The fourth-order valence-electron chi connectivity index (χ4n) is 3.36. The minimum atomic E-state index is 1.03. The Kier molecular flexibility index (Phi) is 3.95. The molecule has 4 rings (SSSR count). The smallest absolute Gasteiger partial charge is 0.0733 e. The van der Waals surface area contributed by atoms with E-state index in [0.29, 0.717) is 0 Å². The van der Waals surface area contributed by atoms with E-state index in [0.717, 1.165) is 17.1 Å². The molecule has 0 N–H and O–H groups in total. The van der Waals surface area contributed by atoms with Crippen molar-refractivity contribution >= 4 is 0 Å². The number of hydrogen-bond donors (Lipinski definition) is 0. The van der Waals surface area contributed by atoms with E-state index in [1.54, 1.807) is 0 Å². The highest BCUT2D eigenvalue weighted by Gasteiger charge is 2.15. The molecular weight excluding hydrogens is 304 g/mol. The van der Waals surface area contributed by atoms with Crippen molar-refractivity contribution < 1.29 is 0 Å². The highest BCUT2D eigenvalue weighted by molar-refractivity contribution is 5.89. The number of rotatable bonds is 3. The third-order valence-corrected chi connectivity index (χ3v) is 4.43. The van der Waals surface area contributed by atoms with Crippen molar-refractivity contribution in [2.45, 2.75) is 13.8 Å². The van der Waals surface area contributed by atoms with E-state index < -0.39 is 0 Å². The minimum Gasteiger partial charge on any atom is -0.237 e. The average molecular weight is 324 g/mol. The molecule has 0 aliphatic rings. The van der Waals surface area contributed by atoms with Gasteiger partial charge in [-0.1, -0.05) is 72.8 Å². The molecule has 0 saturated carbocycles. The second-order valence-corrected chi connectivity index (χ2v) is 6.27. The largest absolute Gasteiger partial charge is 0.237 e. The Labute approximate surface area is 148 Å². The minimum absolute atomic E-state index is 1.03. The highest BCUT2D eigenvalue weighted by atomic mass is 15.3. The molecule has 0 unspecified atom stereocenters. The molecule has 0 aliphatic carbocycles. The molecule has 0 amide bonds. The first-order chi connectivity index (χ1) is 12.2. The molecule has 0 aliphatic heterocycles. The van der Waals surface area contributed by atoms with Gasteiger partial charge in [0.25, 0.3) is 0 Å².